The predicted molar refractivity (Wildman–Crippen MR) is 142 cm³/mol. The van der Waals surface area contributed by atoms with Crippen molar-refractivity contribution in [1.82, 2.24) is 4.90 Å². The molecule has 186 valence electrons. The van der Waals surface area contributed by atoms with Crippen LogP contribution in [0.4, 0.5) is 0 Å². The molecule has 0 aliphatic heterocycles. The molecule has 0 N–H and O–H groups in total. The second kappa shape index (κ2) is 20.6. The van der Waals surface area contributed by atoms with Gasteiger partial charge in [0, 0.05) is 6.04 Å². The molecule has 0 aromatic heterocycles. The van der Waals surface area contributed by atoms with Gasteiger partial charge in [-0.2, -0.15) is 0 Å². The molecule has 1 aliphatic carbocycles. The highest BCUT2D eigenvalue weighted by atomic mass is 15.1. The van der Waals surface area contributed by atoms with E-state index in [1.165, 1.54) is 128 Å². The zero-order chi connectivity index (χ0) is 22.6. The first kappa shape index (κ1) is 29.0. The molecule has 1 fully saturated rings. The van der Waals surface area contributed by atoms with Gasteiger partial charge < -0.3 is 4.90 Å². The second-order valence-corrected chi connectivity index (χ2v) is 11.2. The Morgan fingerprint density at radius 3 is 1.26 bits per heavy atom. The summed E-state index contributed by atoms with van der Waals surface area (Å²) in [6.45, 7) is 4.62. The molecule has 0 aromatic carbocycles. The Kier molecular flexibility index (Phi) is 19.2. The number of hydrogen-bond acceptors (Lipinski definition) is 1. The first-order chi connectivity index (χ1) is 15.2. The minimum absolute atomic E-state index is 0.824. The van der Waals surface area contributed by atoms with E-state index in [-0.39, 0.29) is 0 Å². The molecule has 0 aromatic rings. The van der Waals surface area contributed by atoms with Crippen molar-refractivity contribution in [3.05, 3.63) is 0 Å². The molecule has 0 saturated heterocycles. The lowest BCUT2D eigenvalue weighted by Gasteiger charge is -2.24. The summed E-state index contributed by atoms with van der Waals surface area (Å²) in [6.07, 6.45) is 33.7. The van der Waals surface area contributed by atoms with Crippen molar-refractivity contribution < 1.29 is 0 Å². The van der Waals surface area contributed by atoms with Gasteiger partial charge in [-0.05, 0) is 45.2 Å². The first-order valence-electron chi connectivity index (χ1n) is 14.8. The van der Waals surface area contributed by atoms with Crippen LogP contribution >= 0.6 is 0 Å². The van der Waals surface area contributed by atoms with Gasteiger partial charge in [-0.3, -0.25) is 0 Å². The minimum Gasteiger partial charge on any atom is -0.306 e. The summed E-state index contributed by atoms with van der Waals surface area (Å²) in [7, 11) is 4.59. The third-order valence-electron chi connectivity index (χ3n) is 7.98. The average Bonchev–Trinajstić information content (AvgIpc) is 3.51. The highest BCUT2D eigenvalue weighted by Crippen LogP contribution is 2.45. The standard InChI is InChI=1S/C30H61N/c1-5-7-9-11-13-17-21-25-30(31(3)4)26-22-18-14-16-20-24-29-27-28(29)23-19-15-12-10-8-6-2/h28-30H,5-27H2,1-4H3/t28-,29-,30?/m1/s1. The van der Waals surface area contributed by atoms with Gasteiger partial charge in [0.2, 0.25) is 0 Å². The van der Waals surface area contributed by atoms with Crippen LogP contribution in [0.1, 0.15) is 162 Å². The molecule has 0 radical (unpaired) electrons. The molecule has 1 unspecified atom stereocenters. The highest BCUT2D eigenvalue weighted by Gasteiger charge is 2.34. The molecule has 0 spiro atoms. The predicted octanol–water partition coefficient (Wildman–Crippen LogP) is 10.2. The molecule has 0 bridgehead atoms. The van der Waals surface area contributed by atoms with Crippen molar-refractivity contribution in [1.29, 1.82) is 0 Å². The van der Waals surface area contributed by atoms with Gasteiger partial charge in [-0.15, -0.1) is 0 Å². The lowest BCUT2D eigenvalue weighted by Crippen LogP contribution is -2.27. The summed E-state index contributed by atoms with van der Waals surface area (Å²) in [5, 5.41) is 0. The van der Waals surface area contributed by atoms with E-state index in [1.54, 1.807) is 19.3 Å². The van der Waals surface area contributed by atoms with E-state index in [2.05, 4.69) is 32.8 Å². The molecule has 1 heteroatoms. The number of hydrogen-bond donors (Lipinski definition) is 0. The monoisotopic (exact) mass is 435 g/mol. The number of nitrogens with zero attached hydrogens (tertiary/aromatic N) is 1. The van der Waals surface area contributed by atoms with Gasteiger partial charge in [-0.25, -0.2) is 0 Å². The van der Waals surface area contributed by atoms with Crippen LogP contribution in [0.5, 0.6) is 0 Å². The molecule has 1 aliphatic rings. The van der Waals surface area contributed by atoms with Crippen LogP contribution < -0.4 is 0 Å². The fourth-order valence-electron chi connectivity index (χ4n) is 5.52. The van der Waals surface area contributed by atoms with E-state index in [9.17, 15) is 0 Å². The zero-order valence-corrected chi connectivity index (χ0v) is 22.4. The van der Waals surface area contributed by atoms with E-state index in [4.69, 9.17) is 0 Å². The quantitative estimate of drug-likeness (QED) is 0.136. The van der Waals surface area contributed by atoms with Gasteiger partial charge >= 0.3 is 0 Å². The molecule has 0 amide bonds. The van der Waals surface area contributed by atoms with Gasteiger partial charge in [0.05, 0.1) is 0 Å². The summed E-state index contributed by atoms with van der Waals surface area (Å²) < 4.78 is 0. The third kappa shape index (κ3) is 17.1. The summed E-state index contributed by atoms with van der Waals surface area (Å²) in [5.41, 5.74) is 0. The molecule has 1 nitrogen and oxygen atoms in total. The van der Waals surface area contributed by atoms with E-state index >= 15 is 0 Å². The summed E-state index contributed by atoms with van der Waals surface area (Å²) in [4.78, 5) is 2.49. The van der Waals surface area contributed by atoms with Crippen LogP contribution in [0.3, 0.4) is 0 Å². The number of unbranched alkanes of at least 4 members (excludes halogenated alkanes) is 15. The van der Waals surface area contributed by atoms with Gasteiger partial charge in [0.25, 0.3) is 0 Å². The molecule has 1 rings (SSSR count). The first-order valence-corrected chi connectivity index (χ1v) is 14.8. The van der Waals surface area contributed by atoms with E-state index < -0.39 is 0 Å². The van der Waals surface area contributed by atoms with Gasteiger partial charge in [0.1, 0.15) is 0 Å². The molecular formula is C30H61N. The van der Waals surface area contributed by atoms with Crippen molar-refractivity contribution in [3.63, 3.8) is 0 Å². The Morgan fingerprint density at radius 1 is 0.516 bits per heavy atom. The third-order valence-corrected chi connectivity index (χ3v) is 7.98. The maximum absolute atomic E-state index is 2.49. The van der Waals surface area contributed by atoms with Crippen molar-refractivity contribution in [2.45, 2.75) is 168 Å². The lowest BCUT2D eigenvalue weighted by atomic mass is 9.99. The zero-order valence-electron chi connectivity index (χ0n) is 22.4. The largest absolute Gasteiger partial charge is 0.306 e. The number of rotatable bonds is 24. The summed E-state index contributed by atoms with van der Waals surface area (Å²) in [5.74, 6) is 2.24. The summed E-state index contributed by atoms with van der Waals surface area (Å²) in [6, 6.07) is 0.824. The topological polar surface area (TPSA) is 3.24 Å². The van der Waals surface area contributed by atoms with Crippen molar-refractivity contribution in [3.8, 4) is 0 Å². The van der Waals surface area contributed by atoms with Crippen molar-refractivity contribution >= 4 is 0 Å². The normalized spacial score (nSPS) is 19.3. The van der Waals surface area contributed by atoms with Crippen molar-refractivity contribution in [2.24, 2.45) is 11.8 Å². The van der Waals surface area contributed by atoms with Gasteiger partial charge in [-0.1, -0.05) is 142 Å². The Hall–Kier alpha value is -0.0400. The van der Waals surface area contributed by atoms with E-state index in [1.807, 2.05) is 0 Å². The lowest BCUT2D eigenvalue weighted by molar-refractivity contribution is 0.251. The molecule has 31 heavy (non-hydrogen) atoms. The Balaban J connectivity index is 1.87. The molecule has 0 heterocycles. The van der Waals surface area contributed by atoms with Crippen LogP contribution in [0, 0.1) is 11.8 Å². The maximum atomic E-state index is 2.49. The van der Waals surface area contributed by atoms with Gasteiger partial charge in [0.15, 0.2) is 0 Å². The molecule has 3 atom stereocenters. The van der Waals surface area contributed by atoms with Crippen molar-refractivity contribution in [2.75, 3.05) is 14.1 Å². The second-order valence-electron chi connectivity index (χ2n) is 11.2. The van der Waals surface area contributed by atoms with Crippen LogP contribution in [0.25, 0.3) is 0 Å². The van der Waals surface area contributed by atoms with E-state index in [0.717, 1.165) is 17.9 Å². The average molecular weight is 436 g/mol. The Labute approximate surface area is 198 Å². The molecular weight excluding hydrogens is 374 g/mol. The summed E-state index contributed by atoms with van der Waals surface area (Å²) >= 11 is 0. The maximum Gasteiger partial charge on any atom is 0.00891 e. The SMILES string of the molecule is CCCCCCCCCC(CCCCCCC[C@@H]1C[C@H]1CCCCCCCC)N(C)C. The minimum atomic E-state index is 0.824. The van der Waals surface area contributed by atoms with E-state index in [0.29, 0.717) is 0 Å². The Bertz CT molecular complexity index is 363. The molecule has 1 saturated carbocycles. The highest BCUT2D eigenvalue weighted by molar-refractivity contribution is 4.85. The van der Waals surface area contributed by atoms with Crippen LogP contribution in [0.15, 0.2) is 0 Å². The van der Waals surface area contributed by atoms with Crippen LogP contribution in [0.2, 0.25) is 0 Å². The van der Waals surface area contributed by atoms with Crippen LogP contribution in [-0.2, 0) is 0 Å². The van der Waals surface area contributed by atoms with Crippen LogP contribution in [-0.4, -0.2) is 25.0 Å². The smallest absolute Gasteiger partial charge is 0.00891 e. The fourth-order valence-corrected chi connectivity index (χ4v) is 5.52. The Morgan fingerprint density at radius 2 is 0.871 bits per heavy atom. The fraction of sp³-hybridized carbons (Fsp3) is 1.00.